The van der Waals surface area contributed by atoms with Crippen LogP contribution in [0.1, 0.15) is 10.4 Å². The van der Waals surface area contributed by atoms with Crippen molar-refractivity contribution < 1.29 is 18.4 Å². The van der Waals surface area contributed by atoms with Crippen LogP contribution in [0.3, 0.4) is 0 Å². The molecule has 4 aromatic rings. The topological polar surface area (TPSA) is 61.2 Å². The van der Waals surface area contributed by atoms with Gasteiger partial charge in [-0.05, 0) is 48.5 Å². The number of carbonyl (C=O) groups is 1. The van der Waals surface area contributed by atoms with Gasteiger partial charge in [-0.25, -0.2) is 18.6 Å². The lowest BCUT2D eigenvalue weighted by Gasteiger charge is -2.13. The van der Waals surface area contributed by atoms with E-state index in [1.807, 2.05) is 0 Å². The number of nitrogens with zero attached hydrogens (tertiary/aromatic N) is 2. The Hall–Kier alpha value is -3.87. The molecule has 0 aliphatic heterocycles. The normalized spacial score (nSPS) is 10.8. The molecule has 4 rings (SSSR count). The van der Waals surface area contributed by atoms with Crippen LogP contribution in [0.25, 0.3) is 22.3 Å². The highest BCUT2D eigenvalue weighted by Crippen LogP contribution is 2.21. The largest absolute Gasteiger partial charge is 0.363 e. The van der Waals surface area contributed by atoms with Crippen molar-refractivity contribution in [2.24, 2.45) is 0 Å². The van der Waals surface area contributed by atoms with Gasteiger partial charge in [-0.3, -0.25) is 4.79 Å². The molecule has 0 saturated carbocycles. The maximum Gasteiger partial charge on any atom is 0.363 e. The van der Waals surface area contributed by atoms with Crippen LogP contribution in [-0.4, -0.2) is 15.7 Å². The Morgan fingerprint density at radius 2 is 1.57 bits per heavy atom. The number of hydrogen-bond donors (Lipinski definition) is 0. The van der Waals surface area contributed by atoms with Crippen molar-refractivity contribution in [3.63, 3.8) is 0 Å². The molecular formula is C21H12F2N2O3. The van der Waals surface area contributed by atoms with Gasteiger partial charge >= 0.3 is 5.97 Å². The van der Waals surface area contributed by atoms with Crippen molar-refractivity contribution in [1.82, 2.24) is 9.71 Å². The molecule has 1 aromatic heterocycles. The van der Waals surface area contributed by atoms with E-state index in [0.717, 1.165) is 12.1 Å². The van der Waals surface area contributed by atoms with Gasteiger partial charge in [-0.1, -0.05) is 24.3 Å². The minimum absolute atomic E-state index is 0.00254. The Bertz CT molecular complexity index is 1250. The van der Waals surface area contributed by atoms with Gasteiger partial charge in [0.05, 0.1) is 22.0 Å². The average Bonchev–Trinajstić information content (AvgIpc) is 2.71. The second kappa shape index (κ2) is 7.03. The monoisotopic (exact) mass is 378 g/mol. The van der Waals surface area contributed by atoms with Gasteiger partial charge in [0.15, 0.2) is 5.82 Å². The van der Waals surface area contributed by atoms with E-state index >= 15 is 0 Å². The van der Waals surface area contributed by atoms with E-state index in [-0.39, 0.29) is 22.3 Å². The first-order chi connectivity index (χ1) is 13.5. The van der Waals surface area contributed by atoms with Crippen LogP contribution in [0, 0.1) is 11.6 Å². The maximum absolute atomic E-state index is 14.4. The first kappa shape index (κ1) is 17.5. The van der Waals surface area contributed by atoms with E-state index in [1.165, 1.54) is 36.4 Å². The smallest absolute Gasteiger partial charge is 0.326 e. The van der Waals surface area contributed by atoms with Crippen LogP contribution >= 0.6 is 0 Å². The molecule has 0 fully saturated rings. The molecule has 0 aliphatic rings. The third kappa shape index (κ3) is 3.14. The van der Waals surface area contributed by atoms with E-state index in [4.69, 9.17) is 4.84 Å². The molecule has 0 unspecified atom stereocenters. The fourth-order valence-electron chi connectivity index (χ4n) is 2.74. The molecule has 1 heterocycles. The minimum atomic E-state index is -0.906. The second-order valence-electron chi connectivity index (χ2n) is 5.92. The van der Waals surface area contributed by atoms with Crippen LogP contribution in [0.5, 0.6) is 0 Å². The van der Waals surface area contributed by atoms with Gasteiger partial charge in [0.25, 0.3) is 5.56 Å². The molecule has 5 nitrogen and oxygen atoms in total. The van der Waals surface area contributed by atoms with Crippen LogP contribution < -0.4 is 10.4 Å². The number of carbonyl (C=O) groups excluding carboxylic acids is 1. The van der Waals surface area contributed by atoms with E-state index in [1.54, 1.807) is 24.3 Å². The van der Waals surface area contributed by atoms with Gasteiger partial charge in [0.1, 0.15) is 11.6 Å². The maximum atomic E-state index is 14.4. The Morgan fingerprint density at radius 1 is 0.893 bits per heavy atom. The summed E-state index contributed by atoms with van der Waals surface area (Å²) in [7, 11) is 0. The van der Waals surface area contributed by atoms with Crippen molar-refractivity contribution in [1.29, 1.82) is 0 Å². The third-order valence-electron chi connectivity index (χ3n) is 4.11. The van der Waals surface area contributed by atoms with Crippen molar-refractivity contribution >= 4 is 16.9 Å². The number of aromatic nitrogens is 2. The zero-order valence-electron chi connectivity index (χ0n) is 14.3. The van der Waals surface area contributed by atoms with Gasteiger partial charge in [0, 0.05) is 0 Å². The SMILES string of the molecule is O=C(On1c(-c2ccccc2F)nc2ccccc2c1=O)c1ccc(F)cc1. The molecule has 0 radical (unpaired) electrons. The predicted octanol–water partition coefficient (Wildman–Crippen LogP) is 3.61. The van der Waals surface area contributed by atoms with Gasteiger partial charge in [-0.15, -0.1) is 4.73 Å². The molecule has 28 heavy (non-hydrogen) atoms. The summed E-state index contributed by atoms with van der Waals surface area (Å²) in [5.41, 5.74) is -0.308. The lowest BCUT2D eigenvalue weighted by atomic mass is 10.2. The van der Waals surface area contributed by atoms with Crippen molar-refractivity contribution in [2.45, 2.75) is 0 Å². The summed E-state index contributed by atoms with van der Waals surface area (Å²) in [6, 6.07) is 16.8. The van der Waals surface area contributed by atoms with E-state index in [9.17, 15) is 18.4 Å². The molecule has 0 aliphatic carbocycles. The summed E-state index contributed by atoms with van der Waals surface area (Å²) >= 11 is 0. The Kier molecular flexibility index (Phi) is 4.41. The van der Waals surface area contributed by atoms with Crippen LogP contribution in [0.2, 0.25) is 0 Å². The standard InChI is InChI=1S/C21H12F2N2O3/c22-14-11-9-13(10-12-14)21(27)28-25-19(15-5-1-3-7-17(15)23)24-18-8-4-2-6-16(18)20(25)26/h1-12H. The van der Waals surface area contributed by atoms with E-state index in [2.05, 4.69) is 4.98 Å². The lowest BCUT2D eigenvalue weighted by Crippen LogP contribution is -2.33. The summed E-state index contributed by atoms with van der Waals surface area (Å²) < 4.78 is 28.1. The number of fused-ring (bicyclic) bond motifs is 1. The molecule has 3 aromatic carbocycles. The number of para-hydroxylation sites is 1. The molecule has 0 spiro atoms. The van der Waals surface area contributed by atoms with Crippen LogP contribution in [-0.2, 0) is 0 Å². The Labute approximate surface area is 157 Å². The summed E-state index contributed by atoms with van der Waals surface area (Å²) in [5.74, 6) is -2.21. The molecule has 0 saturated heterocycles. The van der Waals surface area contributed by atoms with E-state index in [0.29, 0.717) is 10.2 Å². The Balaban J connectivity index is 1.90. The second-order valence-corrected chi connectivity index (χ2v) is 5.92. The summed E-state index contributed by atoms with van der Waals surface area (Å²) in [6.45, 7) is 0. The summed E-state index contributed by atoms with van der Waals surface area (Å²) in [5, 5.41) is 0.203. The van der Waals surface area contributed by atoms with Gasteiger partial charge < -0.3 is 4.84 Å². The fraction of sp³-hybridized carbons (Fsp3) is 0. The highest BCUT2D eigenvalue weighted by molar-refractivity contribution is 5.90. The summed E-state index contributed by atoms with van der Waals surface area (Å²) in [4.78, 5) is 34.9. The highest BCUT2D eigenvalue weighted by Gasteiger charge is 2.19. The molecule has 0 amide bonds. The molecule has 138 valence electrons. The van der Waals surface area contributed by atoms with Gasteiger partial charge in [-0.2, -0.15) is 0 Å². The number of halogens is 2. The number of rotatable bonds is 3. The number of hydrogen-bond acceptors (Lipinski definition) is 4. The first-order valence-corrected chi connectivity index (χ1v) is 8.29. The summed E-state index contributed by atoms with van der Waals surface area (Å²) in [6.07, 6.45) is 0. The molecule has 0 atom stereocenters. The molecule has 0 bridgehead atoms. The van der Waals surface area contributed by atoms with E-state index < -0.39 is 23.2 Å². The van der Waals surface area contributed by atoms with Crippen molar-refractivity contribution in [3.8, 4) is 11.4 Å². The average molecular weight is 378 g/mol. The van der Waals surface area contributed by atoms with Crippen molar-refractivity contribution in [2.75, 3.05) is 0 Å². The zero-order chi connectivity index (χ0) is 19.7. The highest BCUT2D eigenvalue weighted by atomic mass is 19.1. The first-order valence-electron chi connectivity index (χ1n) is 8.29. The fourth-order valence-corrected chi connectivity index (χ4v) is 2.74. The molecular weight excluding hydrogens is 366 g/mol. The molecule has 0 N–H and O–H groups in total. The van der Waals surface area contributed by atoms with Gasteiger partial charge in [0.2, 0.25) is 0 Å². The van der Waals surface area contributed by atoms with Crippen molar-refractivity contribution in [3.05, 3.63) is 100 Å². The quantitative estimate of drug-likeness (QED) is 0.546. The Morgan fingerprint density at radius 3 is 2.32 bits per heavy atom. The minimum Gasteiger partial charge on any atom is -0.326 e. The predicted molar refractivity (Wildman–Crippen MR) is 98.7 cm³/mol. The third-order valence-corrected chi connectivity index (χ3v) is 4.11. The van der Waals surface area contributed by atoms with Crippen LogP contribution in [0.15, 0.2) is 77.6 Å². The zero-order valence-corrected chi connectivity index (χ0v) is 14.3. The number of benzene rings is 3. The lowest BCUT2D eigenvalue weighted by molar-refractivity contribution is 0.0449. The molecule has 7 heteroatoms. The van der Waals surface area contributed by atoms with Crippen LogP contribution in [0.4, 0.5) is 8.78 Å².